The van der Waals surface area contributed by atoms with Crippen molar-refractivity contribution in [1.29, 1.82) is 0 Å². The highest BCUT2D eigenvalue weighted by atomic mass is 16.5. The first-order valence-corrected chi connectivity index (χ1v) is 11.4. The molecule has 12 nitrogen and oxygen atoms in total. The van der Waals surface area contributed by atoms with E-state index in [9.17, 15) is 14.4 Å². The van der Waals surface area contributed by atoms with Crippen LogP contribution in [0.15, 0.2) is 30.3 Å². The number of carbonyl (C=O) groups excluding carboxylic acids is 1. The second-order valence-electron chi connectivity index (χ2n) is 7.28. The van der Waals surface area contributed by atoms with Crippen molar-refractivity contribution in [3.05, 3.63) is 30.3 Å². The monoisotopic (exact) mass is 500 g/mol. The van der Waals surface area contributed by atoms with Crippen LogP contribution in [0.3, 0.4) is 0 Å². The predicted octanol–water partition coefficient (Wildman–Crippen LogP) is 0.616. The molecular weight excluding hydrogens is 464 g/mol. The molecule has 0 heterocycles. The van der Waals surface area contributed by atoms with Crippen LogP contribution in [-0.4, -0.2) is 107 Å². The molecular formula is C23H36N2O10. The maximum atomic E-state index is 11.7. The van der Waals surface area contributed by atoms with E-state index in [1.165, 1.54) is 0 Å². The number of carboxylic acids is 2. The number of hydrogen-bond donors (Lipinski definition) is 4. The van der Waals surface area contributed by atoms with E-state index in [0.29, 0.717) is 38.7 Å². The lowest BCUT2D eigenvalue weighted by molar-refractivity contribution is -0.139. The lowest BCUT2D eigenvalue weighted by atomic mass is 10.3. The van der Waals surface area contributed by atoms with Crippen molar-refractivity contribution in [3.63, 3.8) is 0 Å². The van der Waals surface area contributed by atoms with Crippen LogP contribution in [0.5, 0.6) is 0 Å². The lowest BCUT2D eigenvalue weighted by Crippen LogP contribution is -2.40. The van der Waals surface area contributed by atoms with Crippen LogP contribution in [0, 0.1) is 0 Å². The Balaban J connectivity index is 2.01. The van der Waals surface area contributed by atoms with Gasteiger partial charge in [0.25, 0.3) is 0 Å². The van der Waals surface area contributed by atoms with E-state index in [0.717, 1.165) is 0 Å². The zero-order valence-electron chi connectivity index (χ0n) is 19.8. The SMILES string of the molecule is O=C(O)CCOCC(COCCC(=O)O)NCCOCCOCCOCC(=O)Nc1ccccc1. The van der Waals surface area contributed by atoms with Crippen molar-refractivity contribution in [2.75, 3.05) is 77.9 Å². The van der Waals surface area contributed by atoms with Gasteiger partial charge < -0.3 is 44.5 Å². The molecule has 0 radical (unpaired) electrons. The Morgan fingerprint density at radius 2 is 1.26 bits per heavy atom. The summed E-state index contributed by atoms with van der Waals surface area (Å²) in [4.78, 5) is 32.8. The van der Waals surface area contributed by atoms with Gasteiger partial charge in [0.1, 0.15) is 6.61 Å². The summed E-state index contributed by atoms with van der Waals surface area (Å²) in [5, 5.41) is 23.2. The molecule has 4 N–H and O–H groups in total. The summed E-state index contributed by atoms with van der Waals surface area (Å²) < 4.78 is 26.8. The van der Waals surface area contributed by atoms with E-state index in [1.807, 2.05) is 18.2 Å². The van der Waals surface area contributed by atoms with Crippen molar-refractivity contribution in [2.24, 2.45) is 0 Å². The number of carbonyl (C=O) groups is 3. The molecule has 1 amide bonds. The number of rotatable bonds is 23. The van der Waals surface area contributed by atoms with Crippen molar-refractivity contribution in [1.82, 2.24) is 5.32 Å². The summed E-state index contributed by atoms with van der Waals surface area (Å²) in [7, 11) is 0. The number of benzene rings is 1. The minimum absolute atomic E-state index is 0.0539. The molecule has 0 unspecified atom stereocenters. The maximum Gasteiger partial charge on any atom is 0.305 e. The molecule has 0 aromatic heterocycles. The van der Waals surface area contributed by atoms with Gasteiger partial charge in [0.2, 0.25) is 5.91 Å². The molecule has 0 aliphatic rings. The minimum Gasteiger partial charge on any atom is -0.481 e. The standard InChI is InChI=1S/C23H36N2O10/c26-21(25-19-4-2-1-3-5-19)18-35-15-14-32-13-12-31-11-8-24-20(16-33-9-6-22(27)28)17-34-10-7-23(29)30/h1-5,20,24H,6-18H2,(H,25,26)(H,27,28)(H,29,30). The number of hydrogen-bond acceptors (Lipinski definition) is 9. The predicted molar refractivity (Wildman–Crippen MR) is 125 cm³/mol. The average Bonchev–Trinajstić information content (AvgIpc) is 2.82. The van der Waals surface area contributed by atoms with Crippen molar-refractivity contribution in [3.8, 4) is 0 Å². The van der Waals surface area contributed by atoms with Gasteiger partial charge in [0.15, 0.2) is 0 Å². The molecule has 1 aromatic rings. The molecule has 0 atom stereocenters. The Morgan fingerprint density at radius 1 is 0.714 bits per heavy atom. The minimum atomic E-state index is -0.942. The summed E-state index contributed by atoms with van der Waals surface area (Å²) in [6, 6.07) is 8.89. The highest BCUT2D eigenvalue weighted by Gasteiger charge is 2.10. The van der Waals surface area contributed by atoms with E-state index < -0.39 is 11.9 Å². The third-order valence-electron chi connectivity index (χ3n) is 4.27. The molecule has 0 saturated carbocycles. The van der Waals surface area contributed by atoms with Gasteiger partial charge in [0.05, 0.1) is 78.3 Å². The topological polar surface area (TPSA) is 162 Å². The third-order valence-corrected chi connectivity index (χ3v) is 4.27. The Kier molecular flexibility index (Phi) is 18.0. The third kappa shape index (κ3) is 19.4. The fraction of sp³-hybridized carbons (Fsp3) is 0.609. The van der Waals surface area contributed by atoms with E-state index in [4.69, 9.17) is 33.9 Å². The molecule has 198 valence electrons. The molecule has 12 heteroatoms. The van der Waals surface area contributed by atoms with E-state index in [-0.39, 0.29) is 64.4 Å². The van der Waals surface area contributed by atoms with Crippen LogP contribution in [0.25, 0.3) is 0 Å². The first-order valence-electron chi connectivity index (χ1n) is 11.4. The highest BCUT2D eigenvalue weighted by Crippen LogP contribution is 2.04. The van der Waals surface area contributed by atoms with Gasteiger partial charge in [-0.1, -0.05) is 18.2 Å². The fourth-order valence-corrected chi connectivity index (χ4v) is 2.59. The largest absolute Gasteiger partial charge is 0.481 e. The van der Waals surface area contributed by atoms with Gasteiger partial charge in [-0.2, -0.15) is 0 Å². The Hall–Kier alpha value is -2.61. The second-order valence-corrected chi connectivity index (χ2v) is 7.28. The van der Waals surface area contributed by atoms with Crippen molar-refractivity contribution in [2.45, 2.75) is 18.9 Å². The number of amides is 1. The summed E-state index contributed by atoms with van der Waals surface area (Å²) in [6.07, 6.45) is -0.191. The van der Waals surface area contributed by atoms with Crippen LogP contribution in [-0.2, 0) is 38.1 Å². The summed E-state index contributed by atoms with van der Waals surface area (Å²) in [6.45, 7) is 2.84. The Morgan fingerprint density at radius 3 is 1.83 bits per heavy atom. The normalized spacial score (nSPS) is 11.0. The average molecular weight is 501 g/mol. The quantitative estimate of drug-likeness (QED) is 0.156. The zero-order valence-corrected chi connectivity index (χ0v) is 19.8. The number of nitrogens with one attached hydrogen (secondary N) is 2. The number of anilines is 1. The molecule has 0 saturated heterocycles. The molecule has 0 spiro atoms. The first-order chi connectivity index (χ1) is 17.0. The number of aliphatic carboxylic acids is 2. The van der Waals surface area contributed by atoms with Crippen LogP contribution in [0.2, 0.25) is 0 Å². The van der Waals surface area contributed by atoms with Gasteiger partial charge in [-0.25, -0.2) is 0 Å². The van der Waals surface area contributed by atoms with Crippen molar-refractivity contribution < 1.29 is 48.3 Å². The summed E-state index contributed by atoms with van der Waals surface area (Å²) in [5.74, 6) is -2.11. The highest BCUT2D eigenvalue weighted by molar-refractivity contribution is 5.91. The maximum absolute atomic E-state index is 11.7. The molecule has 1 aromatic carbocycles. The number of para-hydroxylation sites is 1. The van der Waals surface area contributed by atoms with Crippen LogP contribution >= 0.6 is 0 Å². The van der Waals surface area contributed by atoms with E-state index in [2.05, 4.69) is 10.6 Å². The van der Waals surface area contributed by atoms with Crippen molar-refractivity contribution >= 4 is 23.5 Å². The summed E-state index contributed by atoms with van der Waals surface area (Å²) >= 11 is 0. The number of carboxylic acid groups (broad SMARTS) is 2. The van der Waals surface area contributed by atoms with Gasteiger partial charge in [-0.15, -0.1) is 0 Å². The molecule has 35 heavy (non-hydrogen) atoms. The van der Waals surface area contributed by atoms with Gasteiger partial charge >= 0.3 is 11.9 Å². The molecule has 0 aliphatic heterocycles. The molecule has 1 rings (SSSR count). The lowest BCUT2D eigenvalue weighted by Gasteiger charge is -2.19. The van der Waals surface area contributed by atoms with Crippen LogP contribution < -0.4 is 10.6 Å². The Labute approximate surface area is 204 Å². The van der Waals surface area contributed by atoms with Gasteiger partial charge in [-0.05, 0) is 12.1 Å². The Bertz CT molecular complexity index is 683. The van der Waals surface area contributed by atoms with E-state index >= 15 is 0 Å². The van der Waals surface area contributed by atoms with E-state index in [1.54, 1.807) is 12.1 Å². The van der Waals surface area contributed by atoms with Gasteiger partial charge in [0, 0.05) is 12.2 Å². The fourth-order valence-electron chi connectivity index (χ4n) is 2.59. The summed E-state index contributed by atoms with van der Waals surface area (Å²) in [5.41, 5.74) is 0.715. The smallest absolute Gasteiger partial charge is 0.305 e. The molecule has 0 fully saturated rings. The second kappa shape index (κ2) is 20.7. The molecule has 0 bridgehead atoms. The number of ether oxygens (including phenoxy) is 5. The van der Waals surface area contributed by atoms with Crippen LogP contribution in [0.1, 0.15) is 12.8 Å². The van der Waals surface area contributed by atoms with Gasteiger partial charge in [-0.3, -0.25) is 14.4 Å². The molecule has 0 aliphatic carbocycles. The zero-order chi connectivity index (χ0) is 25.6. The first kappa shape index (κ1) is 30.4. The van der Waals surface area contributed by atoms with Crippen LogP contribution in [0.4, 0.5) is 5.69 Å².